The highest BCUT2D eigenvalue weighted by atomic mass is 15.2. The topological polar surface area (TPSA) is 9.72 Å². The number of benzene rings is 16. The van der Waals surface area contributed by atoms with Crippen LogP contribution in [0.2, 0.25) is 0 Å². The molecule has 0 aromatic heterocycles. The van der Waals surface area contributed by atoms with Gasteiger partial charge in [-0.1, -0.05) is 408 Å². The predicted molar refractivity (Wildman–Crippen MR) is 589 cm³/mol. The second-order valence-corrected chi connectivity index (χ2v) is 43.3. The third-order valence-electron chi connectivity index (χ3n) is 35.1. The molecule has 1 spiro atoms. The van der Waals surface area contributed by atoms with Gasteiger partial charge in [-0.2, -0.15) is 0 Å². The molecule has 6 fully saturated rings. The molecule has 0 atom stereocenters. The number of rotatable bonds is 17. The van der Waals surface area contributed by atoms with Crippen LogP contribution in [-0.2, 0) is 16.2 Å². The second kappa shape index (κ2) is 39.2. The van der Waals surface area contributed by atoms with E-state index in [9.17, 15) is 0 Å². The fourth-order valence-electron chi connectivity index (χ4n) is 28.0. The van der Waals surface area contributed by atoms with Crippen LogP contribution in [0.15, 0.2) is 382 Å². The molecule has 0 bridgehead atoms. The lowest BCUT2D eigenvalue weighted by Gasteiger charge is -2.35. The van der Waals surface area contributed by atoms with E-state index in [-0.39, 0.29) is 10.8 Å². The molecule has 0 heterocycles. The first-order valence-corrected chi connectivity index (χ1v) is 54.2. The molecule has 16 aromatic carbocycles. The monoisotopic (exact) mass is 1820 g/mol. The van der Waals surface area contributed by atoms with E-state index in [0.717, 1.165) is 11.8 Å². The molecular weight excluding hydrogens is 1690 g/mol. The standard InChI is InChI=1S/C49H45N.C49H47N.C39H43N/c1-3-13-34(14-4-1)36-23-27-38(28-24-36)50(39-29-25-37(26-30-39)35-15-5-2-6-16-35)40-31-32-44-43-19-9-12-22-47(43)49(48(44)33-40)45-20-10-7-17-41(45)42-18-8-11-21-46(42)49;1-5-15-36(16-6-1)38-25-29-42(30-26-38)50(43-31-27-39(28-32-43)37-17-7-2-8-18-37)44-33-34-46-45-23-13-14-24-47(45)49(48(46)35-44,40-19-9-3-10-20-40)41-21-11-4-12-22-41;1-39(2)35-17-10-9-16-34(35)38-36(39)18-11-19-37(38)40(32-24-20-30(21-25-32)28-12-5-3-6-13-28)33-26-22-31(23-27-33)29-14-7-4-8-15-29/h7-12,17-35H,1-6,13-16H2;3-4,9-14,19-37H,1-2,5-8,15-18H2;9-11,16-29H,3-8,12-15H2,1-2H3. The van der Waals surface area contributed by atoms with Gasteiger partial charge in [-0.25, -0.2) is 0 Å². The van der Waals surface area contributed by atoms with Crippen LogP contribution in [0.4, 0.5) is 51.2 Å². The zero-order valence-corrected chi connectivity index (χ0v) is 82.4. The first kappa shape index (κ1) is 89.5. The predicted octanol–water partition coefficient (Wildman–Crippen LogP) is 38.8. The molecule has 10 aliphatic rings. The van der Waals surface area contributed by atoms with Crippen molar-refractivity contribution in [2.24, 2.45) is 0 Å². The van der Waals surface area contributed by atoms with Gasteiger partial charge < -0.3 is 14.7 Å². The van der Waals surface area contributed by atoms with Crippen molar-refractivity contribution in [3.8, 4) is 44.5 Å². The van der Waals surface area contributed by atoms with E-state index in [0.29, 0.717) is 23.7 Å². The van der Waals surface area contributed by atoms with Gasteiger partial charge in [0.25, 0.3) is 0 Å². The van der Waals surface area contributed by atoms with E-state index in [1.54, 1.807) is 0 Å². The first-order chi connectivity index (χ1) is 69.2. The third-order valence-corrected chi connectivity index (χ3v) is 35.1. The summed E-state index contributed by atoms with van der Waals surface area (Å²) in [5, 5.41) is 0. The van der Waals surface area contributed by atoms with Crippen molar-refractivity contribution in [3.63, 3.8) is 0 Å². The van der Waals surface area contributed by atoms with Gasteiger partial charge in [0.1, 0.15) is 0 Å². The van der Waals surface area contributed by atoms with Crippen LogP contribution in [0.3, 0.4) is 0 Å². The van der Waals surface area contributed by atoms with Gasteiger partial charge in [-0.05, 0) is 344 Å². The Bertz CT molecular complexity index is 6510. The number of fused-ring (bicyclic) bond motifs is 16. The minimum absolute atomic E-state index is 0.0106. The summed E-state index contributed by atoms with van der Waals surface area (Å²) < 4.78 is 0. The van der Waals surface area contributed by atoms with Crippen molar-refractivity contribution in [1.82, 2.24) is 0 Å². The summed E-state index contributed by atoms with van der Waals surface area (Å²) in [6.45, 7) is 4.76. The highest BCUT2D eigenvalue weighted by Gasteiger charge is 2.53. The lowest BCUT2D eigenvalue weighted by molar-refractivity contribution is 0.443. The van der Waals surface area contributed by atoms with Gasteiger partial charge in [-0.3, -0.25) is 0 Å². The normalized spacial score (nSPS) is 17.8. The van der Waals surface area contributed by atoms with E-state index < -0.39 is 5.41 Å². The van der Waals surface area contributed by atoms with Crippen molar-refractivity contribution in [2.45, 2.75) is 258 Å². The zero-order chi connectivity index (χ0) is 93.5. The molecule has 6 saturated carbocycles. The fourth-order valence-corrected chi connectivity index (χ4v) is 28.0. The molecule has 0 aliphatic heterocycles. The summed E-state index contributed by atoms with van der Waals surface area (Å²) in [5.41, 5.74) is 43.8. The molecule has 16 aromatic rings. The molecule has 698 valence electrons. The molecule has 3 nitrogen and oxygen atoms in total. The van der Waals surface area contributed by atoms with Gasteiger partial charge in [0, 0.05) is 56.5 Å². The minimum Gasteiger partial charge on any atom is -0.310 e. The Labute approximate surface area is 833 Å². The summed E-state index contributed by atoms with van der Waals surface area (Å²) in [6, 6.07) is 147. The Hall–Kier alpha value is -13.1. The van der Waals surface area contributed by atoms with Crippen LogP contribution in [0.25, 0.3) is 44.5 Å². The molecule has 0 unspecified atom stereocenters. The van der Waals surface area contributed by atoms with E-state index in [1.807, 2.05) is 0 Å². The van der Waals surface area contributed by atoms with Gasteiger partial charge in [-0.15, -0.1) is 0 Å². The van der Waals surface area contributed by atoms with E-state index in [4.69, 9.17) is 0 Å². The second-order valence-electron chi connectivity index (χ2n) is 43.3. The van der Waals surface area contributed by atoms with Crippen LogP contribution < -0.4 is 14.7 Å². The Morgan fingerprint density at radius 1 is 0.171 bits per heavy atom. The highest BCUT2D eigenvalue weighted by molar-refractivity contribution is 5.98. The van der Waals surface area contributed by atoms with E-state index in [2.05, 4.69) is 411 Å². The third kappa shape index (κ3) is 16.4. The summed E-state index contributed by atoms with van der Waals surface area (Å²) >= 11 is 0. The highest BCUT2D eigenvalue weighted by Crippen LogP contribution is 2.65. The van der Waals surface area contributed by atoms with Gasteiger partial charge in [0.05, 0.1) is 16.5 Å². The SMILES string of the molecule is CC1(C)c2ccccc2-c2c(N(c3ccc(C4CCCCC4)cc3)c3ccc(C4CCCCC4)cc3)cccc21.c1ccc(C2(c3ccccc3)c3ccccc3-c3ccc(N(c4ccc(C5CCCCC5)cc4)c4ccc(C5CCCCC5)cc4)cc32)cc1.c1ccc2c(c1)-c1ccccc1C21c2ccccc2-c2ccc(N(c3ccc(C4CCCCC4)cc3)c3ccc(C4CCCCC4)cc3)cc21. The summed E-state index contributed by atoms with van der Waals surface area (Å²) in [6.07, 6.45) is 40.6. The Kier molecular flexibility index (Phi) is 25.1. The number of hydrogen-bond acceptors (Lipinski definition) is 3. The summed E-state index contributed by atoms with van der Waals surface area (Å²) in [4.78, 5) is 7.53. The smallest absolute Gasteiger partial charge is 0.0726 e. The van der Waals surface area contributed by atoms with Crippen LogP contribution >= 0.6 is 0 Å². The Morgan fingerprint density at radius 3 is 0.700 bits per heavy atom. The summed E-state index contributed by atoms with van der Waals surface area (Å²) in [5.74, 6) is 4.22. The molecule has 0 radical (unpaired) electrons. The molecule has 10 aliphatic carbocycles. The van der Waals surface area contributed by atoms with Gasteiger partial charge >= 0.3 is 0 Å². The average Bonchev–Trinajstić information content (AvgIpc) is 1.51. The van der Waals surface area contributed by atoms with Crippen molar-refractivity contribution in [2.75, 3.05) is 14.7 Å². The summed E-state index contributed by atoms with van der Waals surface area (Å²) in [7, 11) is 0. The number of nitrogens with zero attached hydrogens (tertiary/aromatic N) is 3. The van der Waals surface area contributed by atoms with E-state index >= 15 is 0 Å². The van der Waals surface area contributed by atoms with Crippen LogP contribution in [0, 0.1) is 0 Å². The van der Waals surface area contributed by atoms with Crippen LogP contribution in [-0.4, -0.2) is 0 Å². The molecular formula is C137H135N3. The van der Waals surface area contributed by atoms with E-state index in [1.165, 1.54) is 377 Å². The number of hydrogen-bond donors (Lipinski definition) is 0. The van der Waals surface area contributed by atoms with Crippen molar-refractivity contribution >= 4 is 51.2 Å². The fraction of sp³-hybridized carbons (Fsp3) is 0.299. The van der Waals surface area contributed by atoms with Crippen molar-refractivity contribution in [1.29, 1.82) is 0 Å². The molecule has 3 heteroatoms. The first-order valence-electron chi connectivity index (χ1n) is 54.2. The molecule has 0 amide bonds. The lowest BCUT2D eigenvalue weighted by atomic mass is 9.67. The maximum Gasteiger partial charge on any atom is 0.0726 e. The minimum atomic E-state index is -0.425. The van der Waals surface area contributed by atoms with Crippen molar-refractivity contribution in [3.05, 3.63) is 471 Å². The molecule has 0 saturated heterocycles. The molecule has 26 rings (SSSR count). The number of anilines is 9. The Balaban J connectivity index is 0.000000115. The van der Waals surface area contributed by atoms with Crippen LogP contribution in [0.5, 0.6) is 0 Å². The quantitative estimate of drug-likeness (QED) is 0.0900. The van der Waals surface area contributed by atoms with Crippen molar-refractivity contribution < 1.29 is 0 Å². The van der Waals surface area contributed by atoms with Gasteiger partial charge in [0.2, 0.25) is 0 Å². The maximum atomic E-state index is 2.53. The maximum absolute atomic E-state index is 2.53. The van der Waals surface area contributed by atoms with Gasteiger partial charge in [0.15, 0.2) is 0 Å². The molecule has 0 N–H and O–H groups in total. The van der Waals surface area contributed by atoms with Crippen LogP contribution in [0.1, 0.15) is 331 Å². The average molecular weight is 1820 g/mol. The molecule has 140 heavy (non-hydrogen) atoms. The largest absolute Gasteiger partial charge is 0.310 e. The lowest BCUT2D eigenvalue weighted by Crippen LogP contribution is -2.28. The Morgan fingerprint density at radius 2 is 0.400 bits per heavy atom. The zero-order valence-electron chi connectivity index (χ0n) is 82.4.